The van der Waals surface area contributed by atoms with Gasteiger partial charge in [-0.2, -0.15) is 5.26 Å². The molecule has 46 valence electrons. The molecule has 0 saturated carbocycles. The first-order valence-electron chi connectivity index (χ1n) is 2.00. The summed E-state index contributed by atoms with van der Waals surface area (Å²) in [4.78, 5) is 8.78. The van der Waals surface area contributed by atoms with Gasteiger partial charge in [-0.15, -0.1) is 0 Å². The molecule has 0 spiro atoms. The number of nitriles is 1. The quantitative estimate of drug-likeness (QED) is 0.484. The van der Waals surface area contributed by atoms with Crippen molar-refractivity contribution in [2.24, 2.45) is 5.73 Å². The lowest BCUT2D eigenvalue weighted by molar-refractivity contribution is 0.205. The largest absolute Gasteiger partial charge is 0.465 e. The monoisotopic (exact) mass is 116 g/mol. The van der Waals surface area contributed by atoms with E-state index in [4.69, 9.17) is 15.2 Å². The molecule has 0 aromatic heterocycles. The van der Waals surface area contributed by atoms with Gasteiger partial charge in [0.05, 0.1) is 6.07 Å². The summed E-state index contributed by atoms with van der Waals surface area (Å²) in [6.07, 6.45) is -0.708. The van der Waals surface area contributed by atoms with Crippen molar-refractivity contribution in [3.63, 3.8) is 0 Å². The van der Waals surface area contributed by atoms with E-state index in [-0.39, 0.29) is 0 Å². The summed E-state index contributed by atoms with van der Waals surface area (Å²) in [6, 6.07) is 1.93. The van der Waals surface area contributed by atoms with Gasteiger partial charge in [0.1, 0.15) is 0 Å². The number of primary amides is 1. The van der Waals surface area contributed by atoms with Crippen molar-refractivity contribution in [1.29, 1.82) is 5.26 Å². The fraction of sp³-hybridized carbons (Fsp3) is 0.500. The zero-order chi connectivity index (χ0) is 6.99. The van der Waals surface area contributed by atoms with E-state index < -0.39 is 6.09 Å². The number of carboxylic acid groups (broad SMARTS) is 1. The van der Waals surface area contributed by atoms with Crippen LogP contribution in [0.15, 0.2) is 0 Å². The Balaban J connectivity index is 0. The second-order valence-corrected chi connectivity index (χ2v) is 0.850. The van der Waals surface area contributed by atoms with Gasteiger partial charge in [-0.25, -0.2) is 4.79 Å². The summed E-state index contributed by atoms with van der Waals surface area (Å²) in [7, 11) is 0. The fourth-order valence-electron chi connectivity index (χ4n) is 0. The maximum Gasteiger partial charge on any atom is 0.402 e. The summed E-state index contributed by atoms with van der Waals surface area (Å²) in [5.74, 6) is 0. The Bertz CT molecular complexity index is 90.7. The standard InChI is InChI=1S/C3H5N.CH3NO2/c1-2-3-4;2-1(3)4/h2H2,1H3;2H2,(H,3,4). The molecule has 0 aromatic rings. The molecule has 0 aliphatic heterocycles. The molecule has 3 N–H and O–H groups in total. The Morgan fingerprint density at radius 2 is 2.12 bits per heavy atom. The number of carbonyl (C=O) groups is 1. The third kappa shape index (κ3) is 1170. The van der Waals surface area contributed by atoms with Crippen LogP contribution in [0.25, 0.3) is 0 Å². The highest BCUT2D eigenvalue weighted by Gasteiger charge is 1.65. The van der Waals surface area contributed by atoms with Crippen molar-refractivity contribution in [3.05, 3.63) is 0 Å². The number of hydrogen-bond donors (Lipinski definition) is 2. The second-order valence-electron chi connectivity index (χ2n) is 0.850. The lowest BCUT2D eigenvalue weighted by Crippen LogP contribution is -2.03. The zero-order valence-corrected chi connectivity index (χ0v) is 4.59. The summed E-state index contributed by atoms with van der Waals surface area (Å²) in [5, 5.41) is 14.8. The van der Waals surface area contributed by atoms with Crippen LogP contribution in [0.3, 0.4) is 0 Å². The molecule has 8 heavy (non-hydrogen) atoms. The van der Waals surface area contributed by atoms with Crippen LogP contribution in [0, 0.1) is 11.3 Å². The molecular weight excluding hydrogens is 108 g/mol. The van der Waals surface area contributed by atoms with Crippen molar-refractivity contribution in [2.45, 2.75) is 13.3 Å². The van der Waals surface area contributed by atoms with Crippen LogP contribution >= 0.6 is 0 Å². The summed E-state index contributed by atoms with van der Waals surface area (Å²) < 4.78 is 0. The van der Waals surface area contributed by atoms with Crippen molar-refractivity contribution in [3.8, 4) is 6.07 Å². The number of amides is 1. The molecule has 0 heterocycles. The second kappa shape index (κ2) is 9.23. The molecule has 0 aliphatic rings. The van der Waals surface area contributed by atoms with E-state index in [2.05, 4.69) is 5.73 Å². The van der Waals surface area contributed by atoms with E-state index in [0.717, 1.165) is 0 Å². The number of hydrogen-bond acceptors (Lipinski definition) is 2. The van der Waals surface area contributed by atoms with Gasteiger partial charge in [-0.05, 0) is 0 Å². The predicted octanol–water partition coefficient (Wildman–Crippen LogP) is 0.543. The minimum atomic E-state index is -1.33. The van der Waals surface area contributed by atoms with E-state index in [1.165, 1.54) is 0 Å². The lowest BCUT2D eigenvalue weighted by Gasteiger charge is -1.61. The van der Waals surface area contributed by atoms with Gasteiger partial charge in [-0.3, -0.25) is 0 Å². The summed E-state index contributed by atoms with van der Waals surface area (Å²) in [6.45, 7) is 1.82. The van der Waals surface area contributed by atoms with E-state index >= 15 is 0 Å². The average molecular weight is 116 g/mol. The highest BCUT2D eigenvalue weighted by Crippen LogP contribution is 1.58. The van der Waals surface area contributed by atoms with Gasteiger partial charge >= 0.3 is 6.09 Å². The average Bonchev–Trinajstić information content (AvgIpc) is 1.65. The van der Waals surface area contributed by atoms with Gasteiger partial charge < -0.3 is 10.8 Å². The van der Waals surface area contributed by atoms with E-state index in [9.17, 15) is 0 Å². The molecule has 0 saturated heterocycles. The topological polar surface area (TPSA) is 87.1 Å². The Morgan fingerprint density at radius 1 is 2.00 bits per heavy atom. The van der Waals surface area contributed by atoms with Gasteiger partial charge in [0, 0.05) is 6.42 Å². The first-order chi connectivity index (χ1) is 3.65. The first-order valence-corrected chi connectivity index (χ1v) is 2.00. The van der Waals surface area contributed by atoms with Crippen molar-refractivity contribution < 1.29 is 9.90 Å². The van der Waals surface area contributed by atoms with Crippen molar-refractivity contribution >= 4 is 6.09 Å². The molecule has 0 atom stereocenters. The number of nitrogens with zero attached hydrogens (tertiary/aromatic N) is 1. The molecule has 1 amide bonds. The fourth-order valence-corrected chi connectivity index (χ4v) is 0. The zero-order valence-electron chi connectivity index (χ0n) is 4.59. The van der Waals surface area contributed by atoms with Gasteiger partial charge in [-0.1, -0.05) is 6.92 Å². The van der Waals surface area contributed by atoms with Crippen molar-refractivity contribution in [2.75, 3.05) is 0 Å². The highest BCUT2D eigenvalue weighted by molar-refractivity contribution is 5.61. The van der Waals surface area contributed by atoms with Gasteiger partial charge in [0.25, 0.3) is 0 Å². The van der Waals surface area contributed by atoms with Crippen LogP contribution < -0.4 is 5.73 Å². The van der Waals surface area contributed by atoms with Crippen molar-refractivity contribution in [1.82, 2.24) is 0 Å². The van der Waals surface area contributed by atoms with Crippen LogP contribution in [0.1, 0.15) is 13.3 Å². The molecule has 0 radical (unpaired) electrons. The summed E-state index contributed by atoms with van der Waals surface area (Å²) >= 11 is 0. The number of rotatable bonds is 0. The number of nitrogens with two attached hydrogens (primary N) is 1. The Kier molecular flexibility index (Phi) is 11.4. The lowest BCUT2D eigenvalue weighted by atomic mass is 10.6. The highest BCUT2D eigenvalue weighted by atomic mass is 16.4. The maximum absolute atomic E-state index is 8.78. The Morgan fingerprint density at radius 3 is 2.12 bits per heavy atom. The first kappa shape index (κ1) is 9.90. The van der Waals surface area contributed by atoms with Crippen LogP contribution in [0.2, 0.25) is 0 Å². The van der Waals surface area contributed by atoms with E-state index in [0.29, 0.717) is 6.42 Å². The molecular formula is C4H8N2O2. The maximum atomic E-state index is 8.78. The molecule has 0 bridgehead atoms. The molecule has 4 heteroatoms. The molecule has 4 nitrogen and oxygen atoms in total. The smallest absolute Gasteiger partial charge is 0.402 e. The Labute approximate surface area is 47.5 Å². The normalized spacial score (nSPS) is 5.50. The third-order valence-corrected chi connectivity index (χ3v) is 0.158. The Hall–Kier alpha value is -1.24. The SMILES string of the molecule is CCC#N.NC(=O)O. The van der Waals surface area contributed by atoms with E-state index in [1.54, 1.807) is 0 Å². The van der Waals surface area contributed by atoms with Gasteiger partial charge in [0.15, 0.2) is 0 Å². The summed E-state index contributed by atoms with van der Waals surface area (Å²) in [5.41, 5.74) is 4.03. The molecule has 0 aromatic carbocycles. The van der Waals surface area contributed by atoms with Crippen LogP contribution in [0.4, 0.5) is 4.79 Å². The van der Waals surface area contributed by atoms with Crippen LogP contribution in [-0.2, 0) is 0 Å². The van der Waals surface area contributed by atoms with Crippen LogP contribution in [-0.4, -0.2) is 11.2 Å². The minimum Gasteiger partial charge on any atom is -0.465 e. The van der Waals surface area contributed by atoms with E-state index in [1.807, 2.05) is 13.0 Å². The van der Waals surface area contributed by atoms with Gasteiger partial charge in [0.2, 0.25) is 0 Å². The predicted molar refractivity (Wildman–Crippen MR) is 28.1 cm³/mol. The molecule has 0 unspecified atom stereocenters. The third-order valence-electron chi connectivity index (χ3n) is 0.158. The molecule has 0 rings (SSSR count). The van der Waals surface area contributed by atoms with Crippen LogP contribution in [0.5, 0.6) is 0 Å². The molecule has 0 aliphatic carbocycles. The minimum absolute atomic E-state index is 0.625. The molecule has 0 fully saturated rings.